The Morgan fingerprint density at radius 2 is 0.811 bits per heavy atom. The molecule has 0 radical (unpaired) electrons. The molecule has 0 fully saturated rings. The van der Waals surface area contributed by atoms with Crippen molar-refractivity contribution in [1.82, 2.24) is 9.80 Å². The number of rotatable bonds is 4. The van der Waals surface area contributed by atoms with Crippen LogP contribution in [-0.2, 0) is 26.2 Å². The molecule has 2 nitrogen and oxygen atoms in total. The molecular weight excluding hydrogens is 523 g/mol. The van der Waals surface area contributed by atoms with E-state index < -0.39 is 0 Å². The van der Waals surface area contributed by atoms with Crippen molar-refractivity contribution in [3.8, 4) is 22.3 Å². The molecule has 0 saturated carbocycles. The van der Waals surface area contributed by atoms with Gasteiger partial charge in [-0.15, -0.1) is 0 Å². The number of hydrogen-bond acceptors (Lipinski definition) is 2. The predicted octanol–water partition coefficient (Wildman–Crippen LogP) is 8.55. The molecule has 0 unspecified atom stereocenters. The molecule has 0 spiro atoms. The molecule has 1 aliphatic heterocycles. The first-order valence-electron chi connectivity index (χ1n) is 12.9. The summed E-state index contributed by atoms with van der Waals surface area (Å²) in [6, 6.07) is 35.8. The Labute approximate surface area is 232 Å². The summed E-state index contributed by atoms with van der Waals surface area (Å²) in [5.74, 6) is 0. The van der Waals surface area contributed by atoms with E-state index >= 15 is 0 Å². The van der Waals surface area contributed by atoms with Crippen LogP contribution >= 0.6 is 10.1 Å². The maximum absolute atomic E-state index is 4.20. The predicted molar refractivity (Wildman–Crippen MR) is 149 cm³/mol. The molecule has 0 saturated heterocycles. The maximum atomic E-state index is 4.20. The zero-order chi connectivity index (χ0) is 25.6. The van der Waals surface area contributed by atoms with Crippen molar-refractivity contribution < 1.29 is 15.1 Å². The standard InChI is InChI=1S/C33H29N2.ClH.Cu/c1-3-32(28-17-9-5-13-24(28)25-14-6-10-18-29(25)32)34-21-22-35(23-34)33(4-2)30-19-11-7-15-26(30)27-16-8-12-20-31(27)33;;/h5-23H,3-4H2,1-2H3;1H;/q-1;;+2/p-1. The van der Waals surface area contributed by atoms with Crippen molar-refractivity contribution in [1.29, 1.82) is 0 Å². The first-order valence-corrected chi connectivity index (χ1v) is 14.2. The first-order chi connectivity index (χ1) is 18.3. The Bertz CT molecular complexity index is 1290. The molecule has 0 aromatic heterocycles. The molecule has 0 bridgehead atoms. The van der Waals surface area contributed by atoms with Crippen LogP contribution in [0.1, 0.15) is 48.9 Å². The van der Waals surface area contributed by atoms with E-state index in [1.165, 1.54) is 44.5 Å². The van der Waals surface area contributed by atoms with Crippen molar-refractivity contribution >= 4 is 10.1 Å². The molecule has 3 aliphatic rings. The first kappa shape index (κ1) is 24.4. The number of benzene rings is 4. The Kier molecular flexibility index (Phi) is 6.19. The van der Waals surface area contributed by atoms with Crippen LogP contribution in [0.2, 0.25) is 0 Å². The number of nitrogens with zero attached hydrogens (tertiary/aromatic N) is 2. The molecular formula is C33H29ClCuN2. The molecule has 2 aliphatic carbocycles. The Morgan fingerprint density at radius 1 is 0.541 bits per heavy atom. The van der Waals surface area contributed by atoms with Crippen LogP contribution in [0.3, 0.4) is 0 Å². The minimum atomic E-state index is -0.217. The molecule has 1 heterocycles. The Balaban J connectivity index is 0.00000123. The van der Waals surface area contributed by atoms with Crippen LogP contribution in [0, 0.1) is 6.67 Å². The second-order valence-electron chi connectivity index (χ2n) is 9.84. The van der Waals surface area contributed by atoms with Crippen LogP contribution in [-0.4, -0.2) is 9.80 Å². The van der Waals surface area contributed by atoms with E-state index in [2.05, 4.69) is 165 Å². The number of fused-ring (bicyclic) bond motifs is 6. The fourth-order valence-corrected chi connectivity index (χ4v) is 7.09. The fraction of sp³-hybridized carbons (Fsp3) is 0.182. The van der Waals surface area contributed by atoms with Gasteiger partial charge in [0.05, 0.1) is 11.1 Å². The molecule has 0 atom stereocenters. The zero-order valence-corrected chi connectivity index (χ0v) is 22.7. The summed E-state index contributed by atoms with van der Waals surface area (Å²) in [7, 11) is 4.20. The van der Waals surface area contributed by atoms with Crippen LogP contribution < -0.4 is 0 Å². The van der Waals surface area contributed by atoms with E-state index in [-0.39, 0.29) is 11.1 Å². The van der Waals surface area contributed by atoms with Gasteiger partial charge in [0.2, 0.25) is 0 Å². The van der Waals surface area contributed by atoms with Gasteiger partial charge in [-0.25, -0.2) is 0 Å². The third kappa shape index (κ3) is 3.18. The summed E-state index contributed by atoms with van der Waals surface area (Å²) in [5.41, 5.74) is 10.6. The van der Waals surface area contributed by atoms with Crippen molar-refractivity contribution in [2.45, 2.75) is 37.8 Å². The van der Waals surface area contributed by atoms with E-state index in [1.807, 2.05) is 0 Å². The number of hydrogen-bond donors (Lipinski definition) is 0. The van der Waals surface area contributed by atoms with Gasteiger partial charge in [0, 0.05) is 0 Å². The van der Waals surface area contributed by atoms with Crippen molar-refractivity contribution in [3.63, 3.8) is 0 Å². The fourth-order valence-electron chi connectivity index (χ4n) is 7.09. The van der Waals surface area contributed by atoms with Gasteiger partial charge in [-0.1, -0.05) is 111 Å². The normalized spacial score (nSPS) is 17.0. The van der Waals surface area contributed by atoms with Gasteiger partial charge in [0.1, 0.15) is 0 Å². The summed E-state index contributed by atoms with van der Waals surface area (Å²) in [6.45, 7) is 7.00. The monoisotopic (exact) mass is 551 g/mol. The van der Waals surface area contributed by atoms with Gasteiger partial charge >= 0.3 is 25.2 Å². The topological polar surface area (TPSA) is 6.48 Å². The molecule has 189 valence electrons. The molecule has 0 N–H and O–H groups in total. The van der Waals surface area contributed by atoms with Crippen LogP contribution in [0.4, 0.5) is 0 Å². The molecule has 4 heteroatoms. The van der Waals surface area contributed by atoms with E-state index in [0.29, 0.717) is 0 Å². The molecule has 7 rings (SSSR count). The summed E-state index contributed by atoms with van der Waals surface area (Å²) >= 11 is 3.66. The average molecular weight is 553 g/mol. The second kappa shape index (κ2) is 9.40. The summed E-state index contributed by atoms with van der Waals surface area (Å²) in [5, 5.41) is 0. The zero-order valence-electron chi connectivity index (χ0n) is 21.0. The van der Waals surface area contributed by atoms with Gasteiger partial charge in [0.25, 0.3) is 0 Å². The molecule has 4 aromatic rings. The van der Waals surface area contributed by atoms with Gasteiger partial charge in [-0.05, 0) is 69.7 Å². The Hall–Kier alpha value is -2.97. The van der Waals surface area contributed by atoms with Gasteiger partial charge in [-0.2, -0.15) is 6.67 Å². The van der Waals surface area contributed by atoms with Gasteiger partial charge < -0.3 is 9.80 Å². The third-order valence-electron chi connectivity index (χ3n) is 8.61. The summed E-state index contributed by atoms with van der Waals surface area (Å²) in [4.78, 5) is 4.94. The Morgan fingerprint density at radius 3 is 1.08 bits per heavy atom. The second-order valence-corrected chi connectivity index (χ2v) is 9.84. The summed E-state index contributed by atoms with van der Waals surface area (Å²) in [6.07, 6.45) is 6.57. The average Bonchev–Trinajstić information content (AvgIpc) is 3.65. The van der Waals surface area contributed by atoms with E-state index in [1.54, 1.807) is 0 Å². The SMILES string of the molecule is CCC1(N2C=CN(C3(CC)c4ccccc4-c4ccccc43)[CH-]2)c2ccccc2-c2ccccc21.[Cl][Cu+]. The van der Waals surface area contributed by atoms with Crippen molar-refractivity contribution in [2.24, 2.45) is 0 Å². The van der Waals surface area contributed by atoms with Crippen LogP contribution in [0.5, 0.6) is 0 Å². The molecule has 37 heavy (non-hydrogen) atoms. The van der Waals surface area contributed by atoms with Gasteiger partial charge in [0.15, 0.2) is 0 Å². The molecule has 4 aromatic carbocycles. The van der Waals surface area contributed by atoms with Crippen molar-refractivity contribution in [2.75, 3.05) is 0 Å². The minimum absolute atomic E-state index is 0.217. The van der Waals surface area contributed by atoms with Crippen LogP contribution in [0.25, 0.3) is 22.3 Å². The van der Waals surface area contributed by atoms with E-state index in [0.717, 1.165) is 12.8 Å². The van der Waals surface area contributed by atoms with E-state index in [4.69, 9.17) is 0 Å². The summed E-state index contributed by atoms with van der Waals surface area (Å²) < 4.78 is 0. The van der Waals surface area contributed by atoms with E-state index in [9.17, 15) is 0 Å². The van der Waals surface area contributed by atoms with Gasteiger partial charge in [-0.3, -0.25) is 0 Å². The number of halogens is 1. The van der Waals surface area contributed by atoms with Crippen molar-refractivity contribution in [3.05, 3.63) is 138 Å². The molecule has 0 amide bonds. The van der Waals surface area contributed by atoms with Crippen LogP contribution in [0.15, 0.2) is 109 Å². The third-order valence-corrected chi connectivity index (χ3v) is 8.61. The quantitative estimate of drug-likeness (QED) is 0.185.